The van der Waals surface area contributed by atoms with Crippen molar-refractivity contribution >= 4 is 0 Å². The summed E-state index contributed by atoms with van der Waals surface area (Å²) in [4.78, 5) is 0. The molecule has 21 heavy (non-hydrogen) atoms. The smallest absolute Gasteiger partial charge is 0.0627 e. The summed E-state index contributed by atoms with van der Waals surface area (Å²) in [5.74, 6) is 0. The van der Waals surface area contributed by atoms with Crippen LogP contribution in [0.1, 0.15) is 117 Å². The van der Waals surface area contributed by atoms with E-state index in [2.05, 4.69) is 26.8 Å². The Kier molecular flexibility index (Phi) is 14.1. The van der Waals surface area contributed by atoms with Crippen LogP contribution in [-0.2, 0) is 0 Å². The van der Waals surface area contributed by atoms with Crippen LogP contribution < -0.4 is 0 Å². The highest BCUT2D eigenvalue weighted by molar-refractivity contribution is 4.85. The first-order valence-corrected chi connectivity index (χ1v) is 9.55. The maximum Gasteiger partial charge on any atom is 0.0627 e. The van der Waals surface area contributed by atoms with Gasteiger partial charge in [-0.05, 0) is 18.3 Å². The van der Waals surface area contributed by atoms with Gasteiger partial charge in [-0.2, -0.15) is 5.26 Å². The van der Waals surface area contributed by atoms with Crippen molar-refractivity contribution in [2.24, 2.45) is 5.41 Å². The van der Waals surface area contributed by atoms with E-state index >= 15 is 0 Å². The highest BCUT2D eigenvalue weighted by Crippen LogP contribution is 2.34. The molecule has 0 N–H and O–H groups in total. The number of rotatable bonds is 15. The lowest BCUT2D eigenvalue weighted by Gasteiger charge is -2.27. The van der Waals surface area contributed by atoms with Crippen LogP contribution in [0.2, 0.25) is 0 Å². The van der Waals surface area contributed by atoms with Crippen molar-refractivity contribution in [1.82, 2.24) is 0 Å². The summed E-state index contributed by atoms with van der Waals surface area (Å²) in [6.45, 7) is 6.87. The molecular formula is C20H39N. The summed E-state index contributed by atoms with van der Waals surface area (Å²) in [6.07, 6.45) is 19.6. The van der Waals surface area contributed by atoms with Crippen LogP contribution in [0.15, 0.2) is 0 Å². The fourth-order valence-electron chi connectivity index (χ4n) is 3.16. The third kappa shape index (κ3) is 12.9. The van der Waals surface area contributed by atoms with E-state index in [1.165, 1.54) is 89.9 Å². The molecule has 0 spiro atoms. The number of nitriles is 1. The first-order valence-electron chi connectivity index (χ1n) is 9.55. The molecule has 1 nitrogen and oxygen atoms in total. The summed E-state index contributed by atoms with van der Waals surface area (Å²) >= 11 is 0. The largest absolute Gasteiger partial charge is 0.198 e. The van der Waals surface area contributed by atoms with Gasteiger partial charge in [-0.3, -0.25) is 0 Å². The van der Waals surface area contributed by atoms with Crippen molar-refractivity contribution in [2.45, 2.75) is 117 Å². The van der Waals surface area contributed by atoms with Gasteiger partial charge in [-0.15, -0.1) is 0 Å². The van der Waals surface area contributed by atoms with E-state index in [1.807, 2.05) is 0 Å². The Morgan fingerprint density at radius 2 is 1.05 bits per heavy atom. The molecular weight excluding hydrogens is 254 g/mol. The van der Waals surface area contributed by atoms with Crippen molar-refractivity contribution in [3.05, 3.63) is 0 Å². The van der Waals surface area contributed by atoms with Crippen LogP contribution in [0.25, 0.3) is 0 Å². The summed E-state index contributed by atoms with van der Waals surface area (Å²) in [6, 6.07) is 2.42. The third-order valence-corrected chi connectivity index (χ3v) is 4.77. The lowest BCUT2D eigenvalue weighted by molar-refractivity contribution is 0.257. The summed E-state index contributed by atoms with van der Waals surface area (Å²) in [5, 5.41) is 9.08. The Balaban J connectivity index is 3.69. The van der Waals surface area contributed by atoms with Crippen LogP contribution in [0.4, 0.5) is 0 Å². The molecule has 0 aliphatic carbocycles. The van der Waals surface area contributed by atoms with Gasteiger partial charge in [-0.1, -0.05) is 97.8 Å². The van der Waals surface area contributed by atoms with Gasteiger partial charge in [-0.25, -0.2) is 0 Å². The normalized spacial score (nSPS) is 13.8. The molecule has 1 atom stereocenters. The minimum absolute atomic E-state index is 0.282. The molecule has 0 fully saturated rings. The van der Waals surface area contributed by atoms with Gasteiger partial charge in [0, 0.05) is 6.42 Å². The van der Waals surface area contributed by atoms with E-state index in [-0.39, 0.29) is 5.41 Å². The molecule has 0 saturated carbocycles. The van der Waals surface area contributed by atoms with Crippen molar-refractivity contribution in [3.8, 4) is 6.07 Å². The summed E-state index contributed by atoms with van der Waals surface area (Å²) in [5.41, 5.74) is 0.282. The average molecular weight is 294 g/mol. The van der Waals surface area contributed by atoms with Gasteiger partial charge in [0.1, 0.15) is 0 Å². The molecule has 124 valence electrons. The van der Waals surface area contributed by atoms with Crippen molar-refractivity contribution in [2.75, 3.05) is 0 Å². The number of nitrogens with zero attached hydrogens (tertiary/aromatic N) is 1. The highest BCUT2D eigenvalue weighted by Gasteiger charge is 2.22. The molecule has 1 unspecified atom stereocenters. The SMILES string of the molecule is CCCCCCCCCCC(C)(CC#N)CCCCCC. The Morgan fingerprint density at radius 3 is 1.48 bits per heavy atom. The van der Waals surface area contributed by atoms with Gasteiger partial charge >= 0.3 is 0 Å². The zero-order valence-electron chi connectivity index (χ0n) is 15.1. The number of unbranched alkanes of at least 4 members (excludes halogenated alkanes) is 10. The summed E-state index contributed by atoms with van der Waals surface area (Å²) in [7, 11) is 0. The molecule has 0 amide bonds. The molecule has 0 bridgehead atoms. The molecule has 0 aromatic rings. The summed E-state index contributed by atoms with van der Waals surface area (Å²) < 4.78 is 0. The van der Waals surface area contributed by atoms with Gasteiger partial charge in [0.05, 0.1) is 6.07 Å². The zero-order valence-corrected chi connectivity index (χ0v) is 15.1. The lowest BCUT2D eigenvalue weighted by Crippen LogP contribution is -2.15. The molecule has 1 heteroatoms. The molecule has 0 aromatic carbocycles. The van der Waals surface area contributed by atoms with Crippen LogP contribution in [-0.4, -0.2) is 0 Å². The molecule has 0 heterocycles. The van der Waals surface area contributed by atoms with Crippen molar-refractivity contribution < 1.29 is 0 Å². The molecule has 0 rings (SSSR count). The standard InChI is InChI=1S/C20H39N/c1-4-6-8-10-11-12-13-15-17-20(3,18-19-21)16-14-9-7-5-2/h4-18H2,1-3H3. The van der Waals surface area contributed by atoms with E-state index in [0.29, 0.717) is 0 Å². The van der Waals surface area contributed by atoms with Crippen LogP contribution in [0, 0.1) is 16.7 Å². The van der Waals surface area contributed by atoms with Crippen LogP contribution >= 0.6 is 0 Å². The van der Waals surface area contributed by atoms with E-state index in [1.54, 1.807) is 0 Å². The van der Waals surface area contributed by atoms with Crippen LogP contribution in [0.3, 0.4) is 0 Å². The van der Waals surface area contributed by atoms with Gasteiger partial charge in [0.2, 0.25) is 0 Å². The van der Waals surface area contributed by atoms with Gasteiger partial charge in [0.15, 0.2) is 0 Å². The molecule has 0 aliphatic heterocycles. The second-order valence-electron chi connectivity index (χ2n) is 7.18. The average Bonchev–Trinajstić information content (AvgIpc) is 2.47. The second kappa shape index (κ2) is 14.4. The number of hydrogen-bond donors (Lipinski definition) is 0. The van der Waals surface area contributed by atoms with Gasteiger partial charge in [0.25, 0.3) is 0 Å². The number of hydrogen-bond acceptors (Lipinski definition) is 1. The fraction of sp³-hybridized carbons (Fsp3) is 0.950. The lowest BCUT2D eigenvalue weighted by atomic mass is 9.77. The quantitative estimate of drug-likeness (QED) is 0.288. The molecule has 0 saturated heterocycles. The second-order valence-corrected chi connectivity index (χ2v) is 7.18. The Labute approximate surface area is 134 Å². The first kappa shape index (κ1) is 20.5. The fourth-order valence-corrected chi connectivity index (χ4v) is 3.16. The topological polar surface area (TPSA) is 23.8 Å². The maximum atomic E-state index is 9.08. The van der Waals surface area contributed by atoms with E-state index < -0.39 is 0 Å². The Morgan fingerprint density at radius 1 is 0.667 bits per heavy atom. The predicted molar refractivity (Wildman–Crippen MR) is 94.3 cm³/mol. The molecule has 0 radical (unpaired) electrons. The van der Waals surface area contributed by atoms with Crippen molar-refractivity contribution in [1.29, 1.82) is 5.26 Å². The van der Waals surface area contributed by atoms with Crippen molar-refractivity contribution in [3.63, 3.8) is 0 Å². The van der Waals surface area contributed by atoms with E-state index in [0.717, 1.165) is 6.42 Å². The zero-order chi connectivity index (χ0) is 15.8. The van der Waals surface area contributed by atoms with E-state index in [4.69, 9.17) is 5.26 Å². The molecule has 0 aromatic heterocycles. The Bertz CT molecular complexity index is 253. The maximum absolute atomic E-state index is 9.08. The minimum Gasteiger partial charge on any atom is -0.198 e. The van der Waals surface area contributed by atoms with Gasteiger partial charge < -0.3 is 0 Å². The van der Waals surface area contributed by atoms with Crippen LogP contribution in [0.5, 0.6) is 0 Å². The Hall–Kier alpha value is -0.510. The first-order chi connectivity index (χ1) is 10.2. The molecule has 0 aliphatic rings. The predicted octanol–water partition coefficient (Wildman–Crippen LogP) is 7.41. The monoisotopic (exact) mass is 293 g/mol. The van der Waals surface area contributed by atoms with E-state index in [9.17, 15) is 0 Å². The minimum atomic E-state index is 0.282. The highest BCUT2D eigenvalue weighted by atomic mass is 14.3. The third-order valence-electron chi connectivity index (χ3n) is 4.77.